The van der Waals surface area contributed by atoms with E-state index in [1.54, 1.807) is 13.8 Å². The Labute approximate surface area is 261 Å². The Morgan fingerprint density at radius 2 is 0.976 bits per heavy atom. The van der Waals surface area contributed by atoms with Crippen LogP contribution in [-0.2, 0) is 14.3 Å². The molecule has 0 aliphatic heterocycles. The zero-order chi connectivity index (χ0) is 32.2. The van der Waals surface area contributed by atoms with Crippen molar-refractivity contribution in [3.8, 4) is 0 Å². The highest BCUT2D eigenvalue weighted by Crippen LogP contribution is 2.29. The highest BCUT2D eigenvalue weighted by atomic mass is 16.5. The van der Waals surface area contributed by atoms with Gasteiger partial charge in [0.2, 0.25) is 0 Å². The number of rotatable bonds is 26. The maximum absolute atomic E-state index is 13.2. The normalized spacial score (nSPS) is 14.3. The van der Waals surface area contributed by atoms with Crippen LogP contribution in [0.25, 0.3) is 0 Å². The molecular formula is C37H72O5. The Balaban J connectivity index is 4.50. The molecule has 2 unspecified atom stereocenters. The maximum Gasteiger partial charge on any atom is 0.311 e. The fourth-order valence-electron chi connectivity index (χ4n) is 5.48. The molecule has 0 radical (unpaired) electrons. The van der Waals surface area contributed by atoms with Crippen LogP contribution in [0.5, 0.6) is 0 Å². The number of carboxylic acid groups (broad SMARTS) is 1. The van der Waals surface area contributed by atoms with Crippen molar-refractivity contribution in [1.29, 1.82) is 0 Å². The van der Waals surface area contributed by atoms with Crippen LogP contribution in [0, 0.1) is 22.2 Å². The third-order valence-electron chi connectivity index (χ3n) is 8.84. The van der Waals surface area contributed by atoms with Crippen LogP contribution in [0.1, 0.15) is 191 Å². The number of carboxylic acids is 1. The van der Waals surface area contributed by atoms with Gasteiger partial charge in [-0.15, -0.1) is 0 Å². The molecule has 0 spiro atoms. The standard InChI is InChI=1S/C37H72O5/c1-30(2)22-14-10-17-25-32(26-18-13-20-28-36(6,7)33(39)40)42-34(41)37(8,9)29-21-12-16-24-31(38)23-15-11-19-27-35(3,4)5/h30-32,38H,10-29H2,1-9H3,(H,39,40). The van der Waals surface area contributed by atoms with E-state index >= 15 is 0 Å². The van der Waals surface area contributed by atoms with Crippen molar-refractivity contribution in [3.63, 3.8) is 0 Å². The van der Waals surface area contributed by atoms with E-state index in [9.17, 15) is 19.8 Å². The lowest BCUT2D eigenvalue weighted by Gasteiger charge is -2.27. The largest absolute Gasteiger partial charge is 0.481 e. The van der Waals surface area contributed by atoms with E-state index in [1.165, 1.54) is 38.5 Å². The summed E-state index contributed by atoms with van der Waals surface area (Å²) in [7, 11) is 0. The van der Waals surface area contributed by atoms with Crippen molar-refractivity contribution in [2.75, 3.05) is 0 Å². The number of hydrogen-bond donors (Lipinski definition) is 2. The Hall–Kier alpha value is -1.10. The van der Waals surface area contributed by atoms with Crippen LogP contribution in [0.2, 0.25) is 0 Å². The van der Waals surface area contributed by atoms with Gasteiger partial charge in [-0.25, -0.2) is 0 Å². The molecule has 2 atom stereocenters. The molecular weight excluding hydrogens is 524 g/mol. The molecule has 250 valence electrons. The average Bonchev–Trinajstić information content (AvgIpc) is 2.86. The van der Waals surface area contributed by atoms with Gasteiger partial charge < -0.3 is 14.9 Å². The van der Waals surface area contributed by atoms with Gasteiger partial charge in [0.15, 0.2) is 0 Å². The van der Waals surface area contributed by atoms with Gasteiger partial charge in [0.25, 0.3) is 0 Å². The topological polar surface area (TPSA) is 83.8 Å². The van der Waals surface area contributed by atoms with Crippen molar-refractivity contribution in [1.82, 2.24) is 0 Å². The number of carbonyl (C=O) groups is 2. The highest BCUT2D eigenvalue weighted by molar-refractivity contribution is 5.76. The number of aliphatic carboxylic acids is 1. The molecule has 0 amide bonds. The molecule has 5 nitrogen and oxygen atoms in total. The summed E-state index contributed by atoms with van der Waals surface area (Å²) in [6, 6.07) is 0. The van der Waals surface area contributed by atoms with E-state index < -0.39 is 16.8 Å². The zero-order valence-electron chi connectivity index (χ0n) is 29.5. The fraction of sp³-hybridized carbons (Fsp3) is 0.946. The zero-order valence-corrected chi connectivity index (χ0v) is 29.5. The van der Waals surface area contributed by atoms with Gasteiger partial charge in [0.1, 0.15) is 6.10 Å². The van der Waals surface area contributed by atoms with E-state index in [4.69, 9.17) is 4.74 Å². The average molecular weight is 597 g/mol. The molecule has 2 N–H and O–H groups in total. The van der Waals surface area contributed by atoms with Gasteiger partial charge >= 0.3 is 11.9 Å². The molecule has 0 saturated heterocycles. The van der Waals surface area contributed by atoms with E-state index in [2.05, 4.69) is 34.6 Å². The summed E-state index contributed by atoms with van der Waals surface area (Å²) in [6.45, 7) is 19.0. The summed E-state index contributed by atoms with van der Waals surface area (Å²) in [5.74, 6) is -0.103. The molecule has 0 aliphatic carbocycles. The molecule has 0 saturated carbocycles. The van der Waals surface area contributed by atoms with E-state index in [1.807, 2.05) is 13.8 Å². The first kappa shape index (κ1) is 40.9. The minimum atomic E-state index is -0.740. The Bertz CT molecular complexity index is 703. The number of aliphatic hydroxyl groups excluding tert-OH is 1. The van der Waals surface area contributed by atoms with Crippen LogP contribution >= 0.6 is 0 Å². The summed E-state index contributed by atoms with van der Waals surface area (Å²) >= 11 is 0. The Morgan fingerprint density at radius 3 is 1.43 bits per heavy atom. The summed E-state index contributed by atoms with van der Waals surface area (Å²) in [5.41, 5.74) is -0.793. The Kier molecular flexibility index (Phi) is 21.0. The molecule has 0 aromatic heterocycles. The minimum absolute atomic E-state index is 0.0538. The second-order valence-corrected chi connectivity index (χ2v) is 16.1. The van der Waals surface area contributed by atoms with Crippen molar-refractivity contribution >= 4 is 11.9 Å². The highest BCUT2D eigenvalue weighted by Gasteiger charge is 2.31. The molecule has 0 aromatic carbocycles. The monoisotopic (exact) mass is 597 g/mol. The number of carbonyl (C=O) groups excluding carboxylic acids is 1. The van der Waals surface area contributed by atoms with Crippen LogP contribution in [0.4, 0.5) is 0 Å². The van der Waals surface area contributed by atoms with Crippen molar-refractivity contribution in [2.45, 2.75) is 203 Å². The van der Waals surface area contributed by atoms with E-state index in [-0.39, 0.29) is 18.2 Å². The van der Waals surface area contributed by atoms with Gasteiger partial charge in [-0.05, 0) is 96.8 Å². The summed E-state index contributed by atoms with van der Waals surface area (Å²) in [6.07, 6.45) is 20.1. The van der Waals surface area contributed by atoms with E-state index in [0.717, 1.165) is 89.4 Å². The van der Waals surface area contributed by atoms with Gasteiger partial charge in [-0.3, -0.25) is 9.59 Å². The number of hydrogen-bond acceptors (Lipinski definition) is 4. The third kappa shape index (κ3) is 22.4. The first-order valence-corrected chi connectivity index (χ1v) is 17.6. The van der Waals surface area contributed by atoms with E-state index in [0.29, 0.717) is 11.8 Å². The number of aliphatic hydroxyl groups is 1. The summed E-state index contributed by atoms with van der Waals surface area (Å²) < 4.78 is 6.14. The Morgan fingerprint density at radius 1 is 0.571 bits per heavy atom. The lowest BCUT2D eigenvalue weighted by atomic mass is 9.86. The maximum atomic E-state index is 13.2. The first-order chi connectivity index (χ1) is 19.5. The molecule has 5 heteroatoms. The van der Waals surface area contributed by atoms with Crippen molar-refractivity contribution in [3.05, 3.63) is 0 Å². The van der Waals surface area contributed by atoms with Gasteiger partial charge in [-0.2, -0.15) is 0 Å². The quantitative estimate of drug-likeness (QED) is 0.0766. The molecule has 0 aliphatic rings. The van der Waals surface area contributed by atoms with Gasteiger partial charge in [0, 0.05) is 0 Å². The second-order valence-electron chi connectivity index (χ2n) is 16.1. The molecule has 0 fully saturated rings. The van der Waals surface area contributed by atoms with Gasteiger partial charge in [0.05, 0.1) is 16.9 Å². The lowest BCUT2D eigenvalue weighted by Crippen LogP contribution is -2.31. The predicted octanol–water partition coefficient (Wildman–Crippen LogP) is 10.9. The molecule has 0 aromatic rings. The fourth-order valence-corrected chi connectivity index (χ4v) is 5.48. The molecule has 0 rings (SSSR count). The lowest BCUT2D eigenvalue weighted by molar-refractivity contribution is -0.161. The number of esters is 1. The second kappa shape index (κ2) is 21.6. The molecule has 42 heavy (non-hydrogen) atoms. The number of ether oxygens (including phenoxy) is 1. The minimum Gasteiger partial charge on any atom is -0.481 e. The van der Waals surface area contributed by atoms with Crippen LogP contribution < -0.4 is 0 Å². The van der Waals surface area contributed by atoms with Crippen LogP contribution in [0.3, 0.4) is 0 Å². The predicted molar refractivity (Wildman–Crippen MR) is 178 cm³/mol. The third-order valence-corrected chi connectivity index (χ3v) is 8.84. The molecule has 0 bridgehead atoms. The first-order valence-electron chi connectivity index (χ1n) is 17.6. The smallest absolute Gasteiger partial charge is 0.311 e. The van der Waals surface area contributed by atoms with Gasteiger partial charge in [-0.1, -0.05) is 105 Å². The summed E-state index contributed by atoms with van der Waals surface area (Å²) in [4.78, 5) is 24.6. The number of unbranched alkanes of at least 4 members (excludes halogenated alkanes) is 8. The SMILES string of the molecule is CC(C)CCCCCC(CCCCCC(C)(C)C(=O)O)OC(=O)C(C)(C)CCCCCC(O)CCCCCC(C)(C)C. The van der Waals surface area contributed by atoms with Crippen LogP contribution in [-0.4, -0.2) is 34.4 Å². The van der Waals surface area contributed by atoms with Crippen molar-refractivity contribution < 1.29 is 24.5 Å². The molecule has 0 heterocycles. The van der Waals surface area contributed by atoms with Crippen LogP contribution in [0.15, 0.2) is 0 Å². The summed E-state index contributed by atoms with van der Waals surface area (Å²) in [5, 5.41) is 19.7. The van der Waals surface area contributed by atoms with Crippen molar-refractivity contribution in [2.24, 2.45) is 22.2 Å².